The minimum absolute atomic E-state index is 0.131. The first-order chi connectivity index (χ1) is 12.5. The molecule has 1 aliphatic heterocycles. The number of amides is 1. The number of carboxylic acids is 1. The Balaban J connectivity index is 1.71. The molecule has 2 aromatic rings. The summed E-state index contributed by atoms with van der Waals surface area (Å²) < 4.78 is 10.2. The van der Waals surface area contributed by atoms with E-state index in [0.29, 0.717) is 12.6 Å². The molecular weight excluding hydrogens is 336 g/mol. The van der Waals surface area contributed by atoms with E-state index < -0.39 is 18.0 Å². The number of ether oxygens (including phenoxy) is 1. The SMILES string of the molecule is COC(CNC(=O)c1occc1CN1c2ccccc2CC1C)C(=O)O. The normalized spacial score (nSPS) is 17.0. The highest BCUT2D eigenvalue weighted by Crippen LogP contribution is 2.33. The number of rotatable bonds is 7. The van der Waals surface area contributed by atoms with E-state index in [9.17, 15) is 9.59 Å². The van der Waals surface area contributed by atoms with Crippen molar-refractivity contribution in [3.8, 4) is 0 Å². The van der Waals surface area contributed by atoms with Gasteiger partial charge in [-0.3, -0.25) is 4.79 Å². The number of carboxylic acid groups (broad SMARTS) is 1. The van der Waals surface area contributed by atoms with Gasteiger partial charge in [-0.2, -0.15) is 0 Å². The summed E-state index contributed by atoms with van der Waals surface area (Å²) in [6.45, 7) is 2.56. The standard InChI is InChI=1S/C19H22N2O5/c1-12-9-13-5-3-4-6-15(13)21(12)11-14-7-8-26-17(14)18(22)20-10-16(25-2)19(23)24/h3-8,12,16H,9-11H2,1-2H3,(H,20,22)(H,23,24). The molecule has 0 bridgehead atoms. The van der Waals surface area contributed by atoms with E-state index in [1.54, 1.807) is 6.07 Å². The summed E-state index contributed by atoms with van der Waals surface area (Å²) in [6.07, 6.45) is 1.34. The maximum absolute atomic E-state index is 12.4. The third-order valence-corrected chi connectivity index (χ3v) is 4.65. The van der Waals surface area contributed by atoms with Crippen molar-refractivity contribution in [2.24, 2.45) is 0 Å². The molecule has 1 amide bonds. The molecule has 2 atom stereocenters. The van der Waals surface area contributed by atoms with Gasteiger partial charge in [0, 0.05) is 30.9 Å². The Morgan fingerprint density at radius 1 is 1.38 bits per heavy atom. The number of para-hydroxylation sites is 1. The summed E-state index contributed by atoms with van der Waals surface area (Å²) >= 11 is 0. The van der Waals surface area contributed by atoms with E-state index in [4.69, 9.17) is 14.3 Å². The van der Waals surface area contributed by atoms with Crippen molar-refractivity contribution in [1.82, 2.24) is 5.32 Å². The largest absolute Gasteiger partial charge is 0.479 e. The van der Waals surface area contributed by atoms with Crippen molar-refractivity contribution in [3.63, 3.8) is 0 Å². The second-order valence-corrected chi connectivity index (χ2v) is 6.36. The van der Waals surface area contributed by atoms with Gasteiger partial charge in [0.25, 0.3) is 5.91 Å². The maximum Gasteiger partial charge on any atom is 0.334 e. The average Bonchev–Trinajstić information content (AvgIpc) is 3.20. The molecule has 138 valence electrons. The number of carbonyl (C=O) groups is 2. The monoisotopic (exact) mass is 358 g/mol. The Labute approximate surface area is 151 Å². The highest BCUT2D eigenvalue weighted by atomic mass is 16.5. The van der Waals surface area contributed by atoms with Crippen LogP contribution in [0.5, 0.6) is 0 Å². The molecule has 7 nitrogen and oxygen atoms in total. The number of anilines is 1. The summed E-state index contributed by atoms with van der Waals surface area (Å²) in [5, 5.41) is 11.5. The van der Waals surface area contributed by atoms with Crippen molar-refractivity contribution < 1.29 is 23.8 Å². The Hall–Kier alpha value is -2.80. The first kappa shape index (κ1) is 18.0. The van der Waals surface area contributed by atoms with Crippen molar-refractivity contribution in [2.45, 2.75) is 32.0 Å². The lowest BCUT2D eigenvalue weighted by Crippen LogP contribution is -2.38. The van der Waals surface area contributed by atoms with Crippen LogP contribution in [0.2, 0.25) is 0 Å². The summed E-state index contributed by atoms with van der Waals surface area (Å²) in [7, 11) is 1.29. The van der Waals surface area contributed by atoms with Gasteiger partial charge < -0.3 is 24.5 Å². The van der Waals surface area contributed by atoms with Crippen LogP contribution < -0.4 is 10.2 Å². The minimum Gasteiger partial charge on any atom is -0.479 e. The number of hydrogen-bond acceptors (Lipinski definition) is 5. The van der Waals surface area contributed by atoms with Gasteiger partial charge in [-0.25, -0.2) is 4.79 Å². The molecule has 0 aliphatic carbocycles. The number of aliphatic carboxylic acids is 1. The summed E-state index contributed by atoms with van der Waals surface area (Å²) in [4.78, 5) is 25.6. The van der Waals surface area contributed by atoms with Crippen LogP contribution in [-0.4, -0.2) is 42.8 Å². The Bertz CT molecular complexity index is 801. The van der Waals surface area contributed by atoms with Crippen LogP contribution in [0.1, 0.15) is 28.6 Å². The Kier molecular flexibility index (Phi) is 5.27. The van der Waals surface area contributed by atoms with Gasteiger partial charge in [-0.15, -0.1) is 0 Å². The second-order valence-electron chi connectivity index (χ2n) is 6.36. The summed E-state index contributed by atoms with van der Waals surface area (Å²) in [5.74, 6) is -1.38. The molecular formula is C19H22N2O5. The lowest BCUT2D eigenvalue weighted by atomic mass is 10.1. The maximum atomic E-state index is 12.4. The first-order valence-electron chi connectivity index (χ1n) is 8.46. The molecule has 3 rings (SSSR count). The number of fused-ring (bicyclic) bond motifs is 1. The lowest BCUT2D eigenvalue weighted by molar-refractivity contribution is -0.148. The molecule has 2 N–H and O–H groups in total. The van der Waals surface area contributed by atoms with Crippen LogP contribution >= 0.6 is 0 Å². The van der Waals surface area contributed by atoms with Crippen molar-refractivity contribution >= 4 is 17.6 Å². The zero-order chi connectivity index (χ0) is 18.7. The predicted molar refractivity (Wildman–Crippen MR) is 95.3 cm³/mol. The molecule has 0 saturated carbocycles. The number of furan rings is 1. The molecule has 2 unspecified atom stereocenters. The molecule has 2 heterocycles. The molecule has 1 aliphatic rings. The van der Waals surface area contributed by atoms with E-state index in [0.717, 1.165) is 17.7 Å². The van der Waals surface area contributed by atoms with Crippen molar-refractivity contribution in [2.75, 3.05) is 18.6 Å². The summed E-state index contributed by atoms with van der Waals surface area (Å²) in [6, 6.07) is 10.3. The van der Waals surface area contributed by atoms with Crippen LogP contribution in [0.15, 0.2) is 41.0 Å². The number of nitrogens with one attached hydrogen (secondary N) is 1. The zero-order valence-corrected chi connectivity index (χ0v) is 14.8. The van der Waals surface area contributed by atoms with Gasteiger partial charge in [0.2, 0.25) is 0 Å². The fraction of sp³-hybridized carbons (Fsp3) is 0.368. The van der Waals surface area contributed by atoms with E-state index in [1.165, 1.54) is 18.9 Å². The van der Waals surface area contributed by atoms with Crippen molar-refractivity contribution in [1.29, 1.82) is 0 Å². The van der Waals surface area contributed by atoms with Gasteiger partial charge in [0.1, 0.15) is 0 Å². The van der Waals surface area contributed by atoms with Gasteiger partial charge >= 0.3 is 5.97 Å². The summed E-state index contributed by atoms with van der Waals surface area (Å²) in [5.41, 5.74) is 3.21. The lowest BCUT2D eigenvalue weighted by Gasteiger charge is -2.24. The molecule has 0 spiro atoms. The first-order valence-corrected chi connectivity index (χ1v) is 8.46. The van der Waals surface area contributed by atoms with Gasteiger partial charge in [-0.1, -0.05) is 18.2 Å². The second kappa shape index (κ2) is 7.61. The third-order valence-electron chi connectivity index (χ3n) is 4.65. The molecule has 1 aromatic carbocycles. The smallest absolute Gasteiger partial charge is 0.334 e. The van der Waals surface area contributed by atoms with Crippen LogP contribution in [0, 0.1) is 0 Å². The Morgan fingerprint density at radius 3 is 2.88 bits per heavy atom. The number of benzene rings is 1. The quantitative estimate of drug-likeness (QED) is 0.787. The van der Waals surface area contributed by atoms with Crippen LogP contribution in [0.25, 0.3) is 0 Å². The van der Waals surface area contributed by atoms with E-state index in [-0.39, 0.29) is 12.3 Å². The van der Waals surface area contributed by atoms with Gasteiger partial charge in [-0.05, 0) is 31.0 Å². The van der Waals surface area contributed by atoms with Gasteiger partial charge in [0.15, 0.2) is 11.9 Å². The molecule has 0 radical (unpaired) electrons. The number of nitrogens with zero attached hydrogens (tertiary/aromatic N) is 1. The van der Waals surface area contributed by atoms with E-state index >= 15 is 0 Å². The number of methoxy groups -OCH3 is 1. The molecule has 7 heteroatoms. The number of carbonyl (C=O) groups excluding carboxylic acids is 1. The topological polar surface area (TPSA) is 92.0 Å². The molecule has 0 fully saturated rings. The van der Waals surface area contributed by atoms with Crippen LogP contribution in [0.4, 0.5) is 5.69 Å². The molecule has 1 aromatic heterocycles. The van der Waals surface area contributed by atoms with Crippen LogP contribution in [-0.2, 0) is 22.5 Å². The Morgan fingerprint density at radius 2 is 2.15 bits per heavy atom. The van der Waals surface area contributed by atoms with Crippen molar-refractivity contribution in [3.05, 3.63) is 53.5 Å². The van der Waals surface area contributed by atoms with Gasteiger partial charge in [0.05, 0.1) is 12.8 Å². The fourth-order valence-electron chi connectivity index (χ4n) is 3.25. The zero-order valence-electron chi connectivity index (χ0n) is 14.8. The predicted octanol–water partition coefficient (Wildman–Crippen LogP) is 2.06. The third kappa shape index (κ3) is 3.57. The fourth-order valence-corrected chi connectivity index (χ4v) is 3.25. The highest BCUT2D eigenvalue weighted by molar-refractivity contribution is 5.93. The van der Waals surface area contributed by atoms with Crippen LogP contribution in [0.3, 0.4) is 0 Å². The highest BCUT2D eigenvalue weighted by Gasteiger charge is 2.28. The molecule has 0 saturated heterocycles. The minimum atomic E-state index is -1.13. The average molecular weight is 358 g/mol. The van der Waals surface area contributed by atoms with E-state index in [2.05, 4.69) is 29.3 Å². The van der Waals surface area contributed by atoms with E-state index in [1.807, 2.05) is 12.1 Å². The number of hydrogen-bond donors (Lipinski definition) is 2. The molecule has 26 heavy (non-hydrogen) atoms.